The fourth-order valence-corrected chi connectivity index (χ4v) is 1.72. The van der Waals surface area contributed by atoms with E-state index in [0.29, 0.717) is 11.3 Å². The third-order valence-electron chi connectivity index (χ3n) is 2.76. The van der Waals surface area contributed by atoms with Crippen molar-refractivity contribution >= 4 is 0 Å². The lowest BCUT2D eigenvalue weighted by molar-refractivity contribution is 0.291. The molecule has 9 heteroatoms. The van der Waals surface area contributed by atoms with Crippen molar-refractivity contribution in [3.8, 4) is 23.9 Å². The molecule has 0 aromatic carbocycles. The average Bonchev–Trinajstić information content (AvgIpc) is 3.18. The number of aromatic amines is 1. The molecule has 0 bridgehead atoms. The summed E-state index contributed by atoms with van der Waals surface area (Å²) in [7, 11) is 1.48. The second kappa shape index (κ2) is 5.01. The molecule has 0 amide bonds. The Hall–Kier alpha value is -3.28. The lowest BCUT2D eigenvalue weighted by atomic mass is 10.2. The summed E-state index contributed by atoms with van der Waals surface area (Å²) in [6.07, 6.45) is 8.11. The van der Waals surface area contributed by atoms with Gasteiger partial charge in [0.2, 0.25) is 5.88 Å². The van der Waals surface area contributed by atoms with Gasteiger partial charge in [-0.2, -0.15) is 9.36 Å². The Kier molecular flexibility index (Phi) is 2.75. The largest absolute Gasteiger partial charge is 0.471 e. The minimum Gasteiger partial charge on any atom is -0.471 e. The molecule has 0 fully saturated rings. The van der Waals surface area contributed by atoms with Crippen molar-refractivity contribution in [3.63, 3.8) is 0 Å². The molecule has 0 spiro atoms. The number of aromatic nitrogens is 6. The standard InChI is InChI=1S/C12H10N6O3/c1-3-10-8(6-21-11-4-5-13-14-11)9(7-20-10)18-12(19)17(2)15-16-18/h1,4-5,7H,6H2,2H3,(H,13,14)/i/hT. The maximum Gasteiger partial charge on any atom is 0.368 e. The molecule has 0 aliphatic heterocycles. The van der Waals surface area contributed by atoms with Crippen LogP contribution in [0.15, 0.2) is 27.7 Å². The van der Waals surface area contributed by atoms with Gasteiger partial charge < -0.3 is 9.15 Å². The first kappa shape index (κ1) is 11.5. The number of tetrazole rings is 1. The molecule has 106 valence electrons. The molecule has 0 saturated carbocycles. The number of furan rings is 1. The molecule has 0 aliphatic carbocycles. The zero-order valence-corrected chi connectivity index (χ0v) is 10.9. The molecular formula is C12H10N6O3. The van der Waals surface area contributed by atoms with Gasteiger partial charge in [-0.05, 0) is 16.3 Å². The molecule has 21 heavy (non-hydrogen) atoms. The number of hydrogen-bond acceptors (Lipinski definition) is 6. The number of nitrogens with zero attached hydrogens (tertiary/aromatic N) is 5. The summed E-state index contributed by atoms with van der Waals surface area (Å²) in [5.74, 6) is 2.84. The van der Waals surface area contributed by atoms with Crippen LogP contribution in [0.2, 0.25) is 1.41 Å². The fraction of sp³-hybridized carbons (Fsp3) is 0.167. The highest BCUT2D eigenvalue weighted by atomic mass is 16.5. The maximum atomic E-state index is 11.9. The Morgan fingerprint density at radius 1 is 1.62 bits per heavy atom. The molecule has 0 radical (unpaired) electrons. The lowest BCUT2D eigenvalue weighted by Crippen LogP contribution is -2.22. The van der Waals surface area contributed by atoms with E-state index in [4.69, 9.17) is 17.0 Å². The van der Waals surface area contributed by atoms with Crippen molar-refractivity contribution in [2.24, 2.45) is 7.05 Å². The van der Waals surface area contributed by atoms with E-state index in [1.54, 1.807) is 0 Å². The van der Waals surface area contributed by atoms with Gasteiger partial charge in [0, 0.05) is 19.3 Å². The van der Waals surface area contributed by atoms with E-state index in [2.05, 4.69) is 21.4 Å². The van der Waals surface area contributed by atoms with E-state index in [9.17, 15) is 4.79 Å². The Balaban J connectivity index is 1.96. The van der Waals surface area contributed by atoms with Gasteiger partial charge in [-0.15, -0.1) is 11.5 Å². The van der Waals surface area contributed by atoms with Crippen LogP contribution in [0.3, 0.4) is 0 Å². The topological polar surface area (TPSA) is 104 Å². The first-order valence-corrected chi connectivity index (χ1v) is 5.84. The molecule has 0 saturated heterocycles. The summed E-state index contributed by atoms with van der Waals surface area (Å²) >= 11 is 0. The predicted octanol–water partition coefficient (Wildman–Crippen LogP) is -0.158. The molecule has 3 aromatic rings. The zero-order valence-electron chi connectivity index (χ0n) is 11.9. The Morgan fingerprint density at radius 2 is 2.48 bits per heavy atom. The van der Waals surface area contributed by atoms with Crippen LogP contribution in [0.5, 0.6) is 5.88 Å². The zero-order chi connectivity index (χ0) is 15.7. The van der Waals surface area contributed by atoms with Crippen LogP contribution in [-0.2, 0) is 13.7 Å². The average molecular weight is 288 g/mol. The van der Waals surface area contributed by atoms with Crippen LogP contribution >= 0.6 is 0 Å². The summed E-state index contributed by atoms with van der Waals surface area (Å²) in [5, 5.41) is 12.0. The van der Waals surface area contributed by atoms with Crippen LogP contribution in [0, 0.1) is 12.3 Å². The molecule has 0 aliphatic rings. The van der Waals surface area contributed by atoms with E-state index >= 15 is 0 Å². The second-order valence-corrected chi connectivity index (χ2v) is 4.03. The van der Waals surface area contributed by atoms with Crippen molar-refractivity contribution in [3.05, 3.63) is 40.3 Å². The van der Waals surface area contributed by atoms with Crippen molar-refractivity contribution in [2.45, 2.75) is 6.61 Å². The molecule has 3 heterocycles. The first-order chi connectivity index (χ1) is 10.6. The summed E-state index contributed by atoms with van der Waals surface area (Å²) in [6, 6.07) is 1.52. The number of H-pyrrole nitrogens is 1. The van der Waals surface area contributed by atoms with Crippen molar-refractivity contribution < 1.29 is 10.6 Å². The summed E-state index contributed by atoms with van der Waals surface area (Å²) in [6.45, 7) is 0.00535. The molecule has 3 aromatic heterocycles. The molecular weight excluding hydrogens is 276 g/mol. The van der Waals surface area contributed by atoms with Crippen LogP contribution in [0.25, 0.3) is 5.69 Å². The van der Waals surface area contributed by atoms with Gasteiger partial charge in [0.15, 0.2) is 7.17 Å². The molecule has 1 N–H and O–H groups in total. The number of hydrogen-bond donors (Lipinski definition) is 1. The molecule has 0 unspecified atom stereocenters. The number of aryl methyl sites for hydroxylation is 1. The van der Waals surface area contributed by atoms with E-state index in [0.717, 1.165) is 14.5 Å². The van der Waals surface area contributed by atoms with E-state index < -0.39 is 5.69 Å². The quantitative estimate of drug-likeness (QED) is 0.669. The van der Waals surface area contributed by atoms with Gasteiger partial charge in [-0.25, -0.2) is 4.79 Å². The minimum atomic E-state index is -0.443. The number of nitrogens with one attached hydrogen (secondary N) is 1. The molecule has 0 atom stereocenters. The third-order valence-corrected chi connectivity index (χ3v) is 2.76. The highest BCUT2D eigenvalue weighted by Gasteiger charge is 2.18. The second-order valence-electron chi connectivity index (χ2n) is 4.03. The van der Waals surface area contributed by atoms with Gasteiger partial charge in [-0.1, -0.05) is 0 Å². The highest BCUT2D eigenvalue weighted by Crippen LogP contribution is 2.21. The summed E-state index contributed by atoms with van der Waals surface area (Å²) in [5.41, 5.74) is 0.363. The minimum absolute atomic E-state index is 0.00535. The number of terminal acetylenes is 1. The first-order valence-electron chi connectivity index (χ1n) is 6.29. The van der Waals surface area contributed by atoms with Crippen LogP contribution in [0.4, 0.5) is 0 Å². The Bertz CT molecular complexity index is 912. The Morgan fingerprint density at radius 3 is 3.10 bits per heavy atom. The van der Waals surface area contributed by atoms with Gasteiger partial charge >= 0.3 is 5.69 Å². The third kappa shape index (κ3) is 2.18. The number of ether oxygens (including phenoxy) is 1. The van der Waals surface area contributed by atoms with Gasteiger partial charge in [0.1, 0.15) is 18.6 Å². The lowest BCUT2D eigenvalue weighted by Gasteiger charge is -2.03. The van der Waals surface area contributed by atoms with Crippen molar-refractivity contribution in [2.75, 3.05) is 0 Å². The van der Waals surface area contributed by atoms with Gasteiger partial charge in [0.25, 0.3) is 0 Å². The Labute approximate surface area is 119 Å². The smallest absolute Gasteiger partial charge is 0.368 e. The van der Waals surface area contributed by atoms with Crippen LogP contribution in [-0.4, -0.2) is 30.0 Å². The molecule has 9 nitrogen and oxygen atoms in total. The maximum absolute atomic E-state index is 11.9. The summed E-state index contributed by atoms with van der Waals surface area (Å²) < 4.78 is 20.1. The number of rotatable bonds is 4. The van der Waals surface area contributed by atoms with Crippen molar-refractivity contribution in [1.29, 1.82) is 0 Å². The van der Waals surface area contributed by atoms with E-state index in [1.807, 2.05) is 0 Å². The predicted molar refractivity (Wildman–Crippen MR) is 69.7 cm³/mol. The van der Waals surface area contributed by atoms with Gasteiger partial charge in [-0.3, -0.25) is 5.09 Å². The SMILES string of the molecule is [3H]n1ccc(OCc2c(-n3nnn(C)c3=O)coc2C#C)n1. The van der Waals surface area contributed by atoms with E-state index in [-0.39, 0.29) is 18.2 Å². The molecule has 3 rings (SSSR count). The van der Waals surface area contributed by atoms with Crippen molar-refractivity contribution in [1.82, 2.24) is 30.0 Å². The summed E-state index contributed by atoms with van der Waals surface area (Å²) in [4.78, 5) is 11.9. The monoisotopic (exact) mass is 288 g/mol. The van der Waals surface area contributed by atoms with Crippen LogP contribution < -0.4 is 10.4 Å². The van der Waals surface area contributed by atoms with Gasteiger partial charge in [0.05, 0.1) is 5.56 Å². The fourth-order valence-electron chi connectivity index (χ4n) is 1.72. The van der Waals surface area contributed by atoms with Crippen LogP contribution in [0.1, 0.15) is 11.3 Å². The highest BCUT2D eigenvalue weighted by molar-refractivity contribution is 5.45. The van der Waals surface area contributed by atoms with E-state index in [1.165, 1.54) is 25.6 Å². The normalized spacial score (nSPS) is 11.1.